The molecule has 166 valence electrons. The number of para-hydroxylation sites is 1. The SMILES string of the molecule is CCOc1nn(C)cc1Nc1ncc(C)c(-c2c[nH]c3c(NC(=O)C(C)Br)cccc23)n1. The minimum atomic E-state index is -0.293. The van der Waals surface area contributed by atoms with Gasteiger partial charge in [0.05, 0.1) is 34.5 Å². The van der Waals surface area contributed by atoms with Crippen LogP contribution in [0.25, 0.3) is 22.2 Å². The largest absolute Gasteiger partial charge is 0.475 e. The van der Waals surface area contributed by atoms with Gasteiger partial charge < -0.3 is 20.4 Å². The van der Waals surface area contributed by atoms with E-state index in [2.05, 4.69) is 41.6 Å². The van der Waals surface area contributed by atoms with E-state index in [0.29, 0.717) is 29.8 Å². The predicted molar refractivity (Wildman–Crippen MR) is 129 cm³/mol. The summed E-state index contributed by atoms with van der Waals surface area (Å²) in [6.45, 7) is 6.17. The molecule has 0 radical (unpaired) electrons. The van der Waals surface area contributed by atoms with Crippen molar-refractivity contribution in [3.05, 3.63) is 42.4 Å². The standard InChI is InChI=1S/C22H24BrN7O2/c1-5-32-21-17(11-30(4)29-21)27-22-25-9-12(2)18(28-22)15-10-24-19-14(15)7-6-8-16(19)26-20(31)13(3)23/h6-11,13,24H,5H2,1-4H3,(H,26,31)(H,25,27,28). The van der Waals surface area contributed by atoms with Crippen LogP contribution in [0.15, 0.2) is 36.8 Å². The van der Waals surface area contributed by atoms with E-state index in [1.807, 2.05) is 51.5 Å². The molecule has 0 aliphatic rings. The number of aromatic amines is 1. The van der Waals surface area contributed by atoms with Gasteiger partial charge in [-0.1, -0.05) is 28.1 Å². The number of rotatable bonds is 7. The Morgan fingerprint density at radius 2 is 2.16 bits per heavy atom. The van der Waals surface area contributed by atoms with Crippen LogP contribution in [-0.2, 0) is 11.8 Å². The number of hydrogen-bond acceptors (Lipinski definition) is 6. The number of anilines is 3. The Morgan fingerprint density at radius 3 is 2.91 bits per heavy atom. The average molecular weight is 498 g/mol. The topological polar surface area (TPSA) is 110 Å². The molecule has 1 atom stereocenters. The average Bonchev–Trinajstić information content (AvgIpc) is 3.33. The predicted octanol–water partition coefficient (Wildman–Crippen LogP) is 4.53. The number of amides is 1. The Kier molecular flexibility index (Phi) is 6.13. The van der Waals surface area contributed by atoms with Crippen LogP contribution in [-0.4, -0.2) is 42.1 Å². The number of aromatic nitrogens is 5. The Balaban J connectivity index is 1.71. The first-order valence-electron chi connectivity index (χ1n) is 10.2. The highest BCUT2D eigenvalue weighted by molar-refractivity contribution is 9.10. The molecule has 1 unspecified atom stereocenters. The van der Waals surface area contributed by atoms with Gasteiger partial charge in [0.25, 0.3) is 5.88 Å². The lowest BCUT2D eigenvalue weighted by Gasteiger charge is -2.10. The number of nitrogens with zero attached hydrogens (tertiary/aromatic N) is 4. The summed E-state index contributed by atoms with van der Waals surface area (Å²) in [5.74, 6) is 0.820. The molecule has 32 heavy (non-hydrogen) atoms. The lowest BCUT2D eigenvalue weighted by atomic mass is 10.1. The number of carbonyl (C=O) groups is 1. The fourth-order valence-corrected chi connectivity index (χ4v) is 3.49. The number of fused-ring (bicyclic) bond motifs is 1. The van der Waals surface area contributed by atoms with E-state index in [0.717, 1.165) is 27.7 Å². The molecule has 3 N–H and O–H groups in total. The van der Waals surface area contributed by atoms with Gasteiger partial charge >= 0.3 is 0 Å². The lowest BCUT2D eigenvalue weighted by molar-refractivity contribution is -0.115. The van der Waals surface area contributed by atoms with Gasteiger partial charge in [-0.3, -0.25) is 9.48 Å². The lowest BCUT2D eigenvalue weighted by Crippen LogP contribution is -2.19. The zero-order valence-electron chi connectivity index (χ0n) is 18.2. The minimum absolute atomic E-state index is 0.111. The second kappa shape index (κ2) is 8.99. The fourth-order valence-electron chi connectivity index (χ4n) is 3.38. The number of benzene rings is 1. The number of ether oxygens (including phenoxy) is 1. The molecule has 4 rings (SSSR count). The molecule has 0 fully saturated rings. The van der Waals surface area contributed by atoms with Gasteiger partial charge in [-0.05, 0) is 32.4 Å². The highest BCUT2D eigenvalue weighted by Crippen LogP contribution is 2.34. The maximum atomic E-state index is 12.2. The summed E-state index contributed by atoms with van der Waals surface area (Å²) in [6.07, 6.45) is 5.49. The van der Waals surface area contributed by atoms with Crippen LogP contribution in [0, 0.1) is 6.92 Å². The number of alkyl halides is 1. The van der Waals surface area contributed by atoms with E-state index in [1.165, 1.54) is 0 Å². The molecule has 9 nitrogen and oxygen atoms in total. The van der Waals surface area contributed by atoms with Crippen molar-refractivity contribution in [1.29, 1.82) is 0 Å². The van der Waals surface area contributed by atoms with E-state index < -0.39 is 0 Å². The molecule has 0 saturated heterocycles. The molecule has 0 saturated carbocycles. The number of carbonyl (C=O) groups excluding carboxylic acids is 1. The number of halogens is 1. The summed E-state index contributed by atoms with van der Waals surface area (Å²) in [5.41, 5.74) is 4.87. The number of aryl methyl sites for hydroxylation is 2. The molecule has 0 aliphatic heterocycles. The monoisotopic (exact) mass is 497 g/mol. The van der Waals surface area contributed by atoms with Crippen molar-refractivity contribution in [3.8, 4) is 17.1 Å². The van der Waals surface area contributed by atoms with E-state index in [4.69, 9.17) is 9.72 Å². The summed E-state index contributed by atoms with van der Waals surface area (Å²) in [4.78, 5) is 24.3. The third-order valence-electron chi connectivity index (χ3n) is 4.88. The first kappa shape index (κ1) is 21.8. The van der Waals surface area contributed by atoms with Crippen molar-refractivity contribution in [1.82, 2.24) is 24.7 Å². The molecule has 0 aliphatic carbocycles. The van der Waals surface area contributed by atoms with Gasteiger partial charge in [0.2, 0.25) is 11.9 Å². The van der Waals surface area contributed by atoms with Crippen LogP contribution >= 0.6 is 15.9 Å². The quantitative estimate of drug-likeness (QED) is 0.323. The van der Waals surface area contributed by atoms with E-state index in [-0.39, 0.29) is 10.7 Å². The van der Waals surface area contributed by atoms with Gasteiger partial charge in [-0.25, -0.2) is 9.97 Å². The maximum absolute atomic E-state index is 12.2. The zero-order valence-corrected chi connectivity index (χ0v) is 19.8. The summed E-state index contributed by atoms with van der Waals surface area (Å²) < 4.78 is 7.25. The zero-order chi connectivity index (χ0) is 22.8. The van der Waals surface area contributed by atoms with Crippen LogP contribution in [0.5, 0.6) is 5.88 Å². The van der Waals surface area contributed by atoms with E-state index >= 15 is 0 Å². The van der Waals surface area contributed by atoms with Crippen molar-refractivity contribution in [2.45, 2.75) is 25.6 Å². The third-order valence-corrected chi connectivity index (χ3v) is 5.30. The Morgan fingerprint density at radius 1 is 1.34 bits per heavy atom. The van der Waals surface area contributed by atoms with Crippen molar-refractivity contribution in [3.63, 3.8) is 0 Å². The van der Waals surface area contributed by atoms with Crippen LogP contribution < -0.4 is 15.4 Å². The van der Waals surface area contributed by atoms with E-state index in [1.54, 1.807) is 17.8 Å². The molecule has 3 heterocycles. The molecule has 1 amide bonds. The summed E-state index contributed by atoms with van der Waals surface area (Å²) in [5, 5.41) is 11.4. The molecule has 10 heteroatoms. The summed E-state index contributed by atoms with van der Waals surface area (Å²) in [6, 6.07) is 5.78. The van der Waals surface area contributed by atoms with Crippen molar-refractivity contribution >= 4 is 50.1 Å². The molecule has 0 bridgehead atoms. The highest BCUT2D eigenvalue weighted by Gasteiger charge is 2.17. The molecule has 4 aromatic rings. The Bertz CT molecular complexity index is 1280. The Hall–Kier alpha value is -3.40. The number of nitrogens with one attached hydrogen (secondary N) is 3. The fraction of sp³-hybridized carbons (Fsp3) is 0.273. The van der Waals surface area contributed by atoms with Crippen LogP contribution in [0.1, 0.15) is 19.4 Å². The Labute approximate surface area is 193 Å². The van der Waals surface area contributed by atoms with Gasteiger partial charge in [0, 0.05) is 30.4 Å². The van der Waals surface area contributed by atoms with Crippen molar-refractivity contribution in [2.75, 3.05) is 17.2 Å². The van der Waals surface area contributed by atoms with Crippen LogP contribution in [0.3, 0.4) is 0 Å². The van der Waals surface area contributed by atoms with Gasteiger partial charge in [-0.15, -0.1) is 5.10 Å². The number of H-pyrrole nitrogens is 1. The summed E-state index contributed by atoms with van der Waals surface area (Å²) in [7, 11) is 1.83. The first-order chi connectivity index (χ1) is 15.4. The van der Waals surface area contributed by atoms with Gasteiger partial charge in [-0.2, -0.15) is 0 Å². The maximum Gasteiger partial charge on any atom is 0.256 e. The third kappa shape index (κ3) is 4.31. The molecule has 3 aromatic heterocycles. The van der Waals surface area contributed by atoms with E-state index in [9.17, 15) is 4.79 Å². The molecule has 1 aromatic carbocycles. The van der Waals surface area contributed by atoms with Crippen molar-refractivity contribution in [2.24, 2.45) is 7.05 Å². The van der Waals surface area contributed by atoms with Gasteiger partial charge in [0.1, 0.15) is 5.69 Å². The minimum Gasteiger partial charge on any atom is -0.475 e. The van der Waals surface area contributed by atoms with Crippen LogP contribution in [0.2, 0.25) is 0 Å². The molecule has 0 spiro atoms. The second-order valence-corrected chi connectivity index (χ2v) is 8.71. The normalized spacial score (nSPS) is 12.0. The first-order valence-corrected chi connectivity index (χ1v) is 11.1. The smallest absolute Gasteiger partial charge is 0.256 e. The summed E-state index contributed by atoms with van der Waals surface area (Å²) >= 11 is 3.30. The highest BCUT2D eigenvalue weighted by atomic mass is 79.9. The molecular formula is C22H24BrN7O2. The van der Waals surface area contributed by atoms with Gasteiger partial charge in [0.15, 0.2) is 0 Å². The van der Waals surface area contributed by atoms with Crippen LogP contribution in [0.4, 0.5) is 17.3 Å². The number of hydrogen-bond donors (Lipinski definition) is 3. The van der Waals surface area contributed by atoms with Crippen molar-refractivity contribution < 1.29 is 9.53 Å². The second-order valence-electron chi connectivity index (χ2n) is 7.34. The molecular weight excluding hydrogens is 474 g/mol.